The number of pyridine rings is 1. The van der Waals surface area contributed by atoms with Crippen molar-refractivity contribution in [3.05, 3.63) is 81.3 Å². The number of hydrogen-bond acceptors (Lipinski definition) is 9. The Morgan fingerprint density at radius 1 is 1.12 bits per heavy atom. The first-order valence-corrected chi connectivity index (χ1v) is 10.2. The van der Waals surface area contributed by atoms with Crippen molar-refractivity contribution < 1.29 is 19.2 Å². The number of nitro groups is 1. The van der Waals surface area contributed by atoms with Crippen LogP contribution in [0.4, 0.5) is 10.5 Å². The van der Waals surface area contributed by atoms with Crippen molar-refractivity contribution in [3.63, 3.8) is 0 Å². The van der Waals surface area contributed by atoms with E-state index in [0.29, 0.717) is 5.75 Å². The fourth-order valence-corrected chi connectivity index (χ4v) is 3.14. The maximum absolute atomic E-state index is 13.1. The first-order valence-electron chi connectivity index (χ1n) is 10.2. The molecule has 1 aromatic carbocycles. The van der Waals surface area contributed by atoms with Crippen LogP contribution in [0, 0.1) is 10.1 Å². The van der Waals surface area contributed by atoms with E-state index in [1.54, 1.807) is 45.0 Å². The molecule has 0 N–H and O–H groups in total. The topological polar surface area (TPSA) is 144 Å². The van der Waals surface area contributed by atoms with Gasteiger partial charge in [-0.1, -0.05) is 18.2 Å². The molecule has 0 atom stereocenters. The van der Waals surface area contributed by atoms with Crippen LogP contribution < -0.4 is 10.3 Å². The molecule has 0 fully saturated rings. The van der Waals surface area contributed by atoms with Crippen molar-refractivity contribution in [3.8, 4) is 11.6 Å². The lowest BCUT2D eigenvalue weighted by Crippen LogP contribution is -2.30. The molecule has 0 saturated carbocycles. The predicted octanol–water partition coefficient (Wildman–Crippen LogP) is 3.52. The van der Waals surface area contributed by atoms with Crippen LogP contribution in [0.25, 0.3) is 11.2 Å². The molecule has 0 amide bonds. The Balaban J connectivity index is 1.86. The average molecular weight is 464 g/mol. The number of carbonyl (C=O) groups is 1. The number of hydrogen-bond donors (Lipinski definition) is 0. The standard InChI is InChI=1S/C22H20N6O6/c1-22(2,3)34-21(30)27-16(12-26-11-7-10-15(20(26)29)28(31)32)25-17-18(27)23-13-24-19(17)33-14-8-5-4-6-9-14/h4-11,13H,12H2,1-3H3. The third-order valence-corrected chi connectivity index (χ3v) is 4.52. The van der Waals surface area contributed by atoms with Crippen molar-refractivity contribution in [2.45, 2.75) is 32.9 Å². The van der Waals surface area contributed by atoms with Gasteiger partial charge >= 0.3 is 17.3 Å². The molecule has 4 aromatic rings. The van der Waals surface area contributed by atoms with Gasteiger partial charge < -0.3 is 14.0 Å². The summed E-state index contributed by atoms with van der Waals surface area (Å²) in [6.45, 7) is 4.84. The van der Waals surface area contributed by atoms with E-state index in [-0.39, 0.29) is 29.4 Å². The van der Waals surface area contributed by atoms with E-state index in [1.165, 1.54) is 18.6 Å². The van der Waals surface area contributed by atoms with Crippen LogP contribution in [0.2, 0.25) is 0 Å². The highest BCUT2D eigenvalue weighted by Gasteiger charge is 2.27. The number of fused-ring (bicyclic) bond motifs is 1. The summed E-state index contributed by atoms with van der Waals surface area (Å²) >= 11 is 0. The molecule has 0 aliphatic heterocycles. The van der Waals surface area contributed by atoms with Gasteiger partial charge in [-0.2, -0.15) is 4.98 Å². The van der Waals surface area contributed by atoms with Gasteiger partial charge in [0.15, 0.2) is 11.2 Å². The van der Waals surface area contributed by atoms with Crippen LogP contribution in [-0.2, 0) is 11.3 Å². The minimum Gasteiger partial charge on any atom is -0.443 e. The summed E-state index contributed by atoms with van der Waals surface area (Å²) in [5.74, 6) is 0.641. The average Bonchev–Trinajstić information content (AvgIpc) is 3.14. The van der Waals surface area contributed by atoms with Crippen molar-refractivity contribution in [2.75, 3.05) is 0 Å². The highest BCUT2D eigenvalue weighted by Crippen LogP contribution is 2.27. The summed E-state index contributed by atoms with van der Waals surface area (Å²) < 4.78 is 13.5. The SMILES string of the molecule is CC(C)(C)OC(=O)n1c(Cn2cccc([N+](=O)[O-])c2=O)nc2c(Oc3ccccc3)ncnc21. The molecule has 0 bridgehead atoms. The van der Waals surface area contributed by atoms with Crippen LogP contribution in [-0.4, -0.2) is 40.7 Å². The third kappa shape index (κ3) is 4.60. The molecule has 0 aliphatic carbocycles. The van der Waals surface area contributed by atoms with Crippen LogP contribution in [0.1, 0.15) is 26.6 Å². The largest absolute Gasteiger partial charge is 0.443 e. The predicted molar refractivity (Wildman–Crippen MR) is 120 cm³/mol. The van der Waals surface area contributed by atoms with E-state index in [0.717, 1.165) is 15.2 Å². The molecular formula is C22H20N6O6. The van der Waals surface area contributed by atoms with Crippen LogP contribution >= 0.6 is 0 Å². The van der Waals surface area contributed by atoms with Crippen LogP contribution in [0.3, 0.4) is 0 Å². The Morgan fingerprint density at radius 2 is 1.85 bits per heavy atom. The minimum absolute atomic E-state index is 0.0604. The Morgan fingerprint density at radius 3 is 2.53 bits per heavy atom. The van der Waals surface area contributed by atoms with Crippen molar-refractivity contribution in [2.24, 2.45) is 0 Å². The maximum atomic E-state index is 13.1. The molecule has 174 valence electrons. The maximum Gasteiger partial charge on any atom is 0.421 e. The summed E-state index contributed by atoms with van der Waals surface area (Å²) in [6, 6.07) is 11.3. The number of carbonyl (C=O) groups excluding carboxylic acids is 1. The highest BCUT2D eigenvalue weighted by atomic mass is 16.6. The van der Waals surface area contributed by atoms with Crippen LogP contribution in [0.5, 0.6) is 11.6 Å². The second-order valence-corrected chi connectivity index (χ2v) is 8.19. The van der Waals surface area contributed by atoms with Gasteiger partial charge in [0.1, 0.15) is 23.5 Å². The molecule has 3 aromatic heterocycles. The van der Waals surface area contributed by atoms with Gasteiger partial charge in [0.05, 0.1) is 11.5 Å². The fraction of sp³-hybridized carbons (Fsp3) is 0.227. The molecule has 0 unspecified atom stereocenters. The number of benzene rings is 1. The fourth-order valence-electron chi connectivity index (χ4n) is 3.14. The molecule has 4 rings (SSSR count). The zero-order chi connectivity index (χ0) is 24.5. The van der Waals surface area contributed by atoms with E-state index < -0.39 is 27.9 Å². The molecule has 0 radical (unpaired) electrons. The summed E-state index contributed by atoms with van der Waals surface area (Å²) in [7, 11) is 0. The van der Waals surface area contributed by atoms with Gasteiger partial charge in [-0.05, 0) is 39.0 Å². The van der Waals surface area contributed by atoms with Gasteiger partial charge in [0, 0.05) is 12.3 Å². The second-order valence-electron chi connectivity index (χ2n) is 8.19. The lowest BCUT2D eigenvalue weighted by Gasteiger charge is -2.20. The summed E-state index contributed by atoms with van der Waals surface area (Å²) in [5, 5.41) is 11.2. The highest BCUT2D eigenvalue weighted by molar-refractivity contribution is 5.87. The number of para-hydroxylation sites is 1. The quantitative estimate of drug-likeness (QED) is 0.320. The van der Waals surface area contributed by atoms with E-state index in [1.807, 2.05) is 6.07 Å². The monoisotopic (exact) mass is 464 g/mol. The zero-order valence-electron chi connectivity index (χ0n) is 18.5. The van der Waals surface area contributed by atoms with Crippen molar-refractivity contribution in [1.82, 2.24) is 24.1 Å². The van der Waals surface area contributed by atoms with Gasteiger partial charge in [0.25, 0.3) is 5.88 Å². The minimum atomic E-state index is -0.845. The number of imidazole rings is 1. The third-order valence-electron chi connectivity index (χ3n) is 4.52. The first-order chi connectivity index (χ1) is 16.1. The Hall–Kier alpha value is -4.61. The Labute approximate surface area is 192 Å². The van der Waals surface area contributed by atoms with Crippen molar-refractivity contribution in [1.29, 1.82) is 0 Å². The normalized spacial score (nSPS) is 11.4. The molecule has 12 nitrogen and oxygen atoms in total. The lowest BCUT2D eigenvalue weighted by atomic mass is 10.2. The molecule has 34 heavy (non-hydrogen) atoms. The number of aromatic nitrogens is 5. The molecule has 0 spiro atoms. The molecule has 12 heteroatoms. The van der Waals surface area contributed by atoms with Gasteiger partial charge in [0.2, 0.25) is 0 Å². The van der Waals surface area contributed by atoms with Gasteiger partial charge in [-0.15, -0.1) is 0 Å². The number of nitrogens with zero attached hydrogens (tertiary/aromatic N) is 6. The van der Waals surface area contributed by atoms with E-state index >= 15 is 0 Å². The van der Waals surface area contributed by atoms with E-state index in [2.05, 4.69) is 15.0 Å². The van der Waals surface area contributed by atoms with Crippen LogP contribution in [0.15, 0.2) is 59.8 Å². The summed E-state index contributed by atoms with van der Waals surface area (Å²) in [5.41, 5.74) is -2.02. The zero-order valence-corrected chi connectivity index (χ0v) is 18.5. The Bertz CT molecular complexity index is 1440. The van der Waals surface area contributed by atoms with Gasteiger partial charge in [-0.25, -0.2) is 19.3 Å². The van der Waals surface area contributed by atoms with E-state index in [9.17, 15) is 19.7 Å². The molecular weight excluding hydrogens is 444 g/mol. The Kier molecular flexibility index (Phi) is 5.80. The molecule has 0 saturated heterocycles. The first kappa shape index (κ1) is 22.6. The van der Waals surface area contributed by atoms with Crippen molar-refractivity contribution >= 4 is 22.9 Å². The lowest BCUT2D eigenvalue weighted by molar-refractivity contribution is -0.386. The summed E-state index contributed by atoms with van der Waals surface area (Å²) in [6.07, 6.45) is 1.79. The van der Waals surface area contributed by atoms with E-state index in [4.69, 9.17) is 9.47 Å². The molecule has 3 heterocycles. The summed E-state index contributed by atoms with van der Waals surface area (Å²) in [4.78, 5) is 48.8. The number of ether oxygens (including phenoxy) is 2. The second kappa shape index (κ2) is 8.73. The van der Waals surface area contributed by atoms with Gasteiger partial charge in [-0.3, -0.25) is 14.9 Å². The number of rotatable bonds is 5. The smallest absolute Gasteiger partial charge is 0.421 e. The molecule has 0 aliphatic rings.